The molecule has 44 heavy (non-hydrogen) atoms. The minimum Gasteiger partial charge on any atom is -0.396 e. The Morgan fingerprint density at radius 2 is 0.932 bits per heavy atom. The Hall–Kier alpha value is -3.40. The number of hydrogen-bond acceptors (Lipinski definition) is 7. The van der Waals surface area contributed by atoms with E-state index in [1.165, 1.54) is 0 Å². The van der Waals surface area contributed by atoms with Crippen molar-refractivity contribution in [1.82, 2.24) is 0 Å². The zero-order chi connectivity index (χ0) is 30.2. The Kier molecular flexibility index (Phi) is 12.9. The zero-order valence-corrected chi connectivity index (χ0v) is 25.0. The molecule has 232 valence electrons. The van der Waals surface area contributed by atoms with Gasteiger partial charge in [0.05, 0.1) is 39.6 Å². The maximum atomic E-state index is 9.46. The monoisotopic (exact) mass is 598 g/mol. The summed E-state index contributed by atoms with van der Waals surface area (Å²) in [6.45, 7) is 2.12. The van der Waals surface area contributed by atoms with Gasteiger partial charge in [-0.3, -0.25) is 0 Å². The average Bonchev–Trinajstić information content (AvgIpc) is 3.08. The summed E-state index contributed by atoms with van der Waals surface area (Å²) in [5, 5.41) is 9.46. The van der Waals surface area contributed by atoms with Crippen molar-refractivity contribution < 1.29 is 33.5 Å². The fraction of sp³-hybridized carbons (Fsp3) is 0.351. The van der Waals surface area contributed by atoms with Crippen LogP contribution in [0.15, 0.2) is 121 Å². The van der Waals surface area contributed by atoms with E-state index in [4.69, 9.17) is 28.4 Å². The Labute approximate surface area is 260 Å². The van der Waals surface area contributed by atoms with Crippen molar-refractivity contribution in [3.8, 4) is 0 Å². The summed E-state index contributed by atoms with van der Waals surface area (Å²) in [6, 6.07) is 40.1. The molecule has 0 saturated carbocycles. The summed E-state index contributed by atoms with van der Waals surface area (Å²) in [4.78, 5) is 0. The number of aliphatic hydroxyl groups is 1. The van der Waals surface area contributed by atoms with Gasteiger partial charge in [0.25, 0.3) is 0 Å². The number of hydrogen-bond donors (Lipinski definition) is 1. The molecular formula is C37H42O7. The van der Waals surface area contributed by atoms with Crippen LogP contribution < -0.4 is 0 Å². The average molecular weight is 599 g/mol. The lowest BCUT2D eigenvalue weighted by Crippen LogP contribution is -2.61. The SMILES string of the molecule is OCCCO[C@H]1O[C@H](COCc2ccccc2)[C@@H](OCc2ccccc2)[C@H](OCc2ccccc2)[C@H]1OCc1ccccc1. The van der Waals surface area contributed by atoms with Gasteiger partial charge in [-0.15, -0.1) is 0 Å². The lowest BCUT2D eigenvalue weighted by Gasteiger charge is -2.46. The van der Waals surface area contributed by atoms with Gasteiger partial charge < -0.3 is 33.5 Å². The number of benzene rings is 4. The summed E-state index contributed by atoms with van der Waals surface area (Å²) in [5.74, 6) is 0. The van der Waals surface area contributed by atoms with Gasteiger partial charge >= 0.3 is 0 Å². The van der Waals surface area contributed by atoms with Crippen LogP contribution in [0.4, 0.5) is 0 Å². The highest BCUT2D eigenvalue weighted by Crippen LogP contribution is 2.31. The summed E-state index contributed by atoms with van der Waals surface area (Å²) in [7, 11) is 0. The molecule has 0 radical (unpaired) electrons. The Bertz CT molecular complexity index is 1310. The van der Waals surface area contributed by atoms with Crippen molar-refractivity contribution in [1.29, 1.82) is 0 Å². The van der Waals surface area contributed by atoms with E-state index in [0.29, 0.717) is 39.5 Å². The summed E-state index contributed by atoms with van der Waals surface area (Å²) in [5.41, 5.74) is 4.18. The third kappa shape index (κ3) is 9.81. The second-order valence-corrected chi connectivity index (χ2v) is 10.8. The van der Waals surface area contributed by atoms with E-state index in [-0.39, 0.29) is 13.2 Å². The Balaban J connectivity index is 1.41. The molecule has 1 N–H and O–H groups in total. The van der Waals surface area contributed by atoms with Crippen molar-refractivity contribution >= 4 is 0 Å². The standard InChI is InChI=1S/C37H42O7/c38-22-13-23-40-37-36(43-27-32-20-11-4-12-21-32)35(42-26-31-18-9-3-10-19-31)34(41-25-30-16-7-2-8-17-30)33(44-37)28-39-24-29-14-5-1-6-15-29/h1-12,14-21,33-38H,13,22-28H2/t33-,34-,35+,36-,37+/m1/s1. The quantitative estimate of drug-likeness (QED) is 0.148. The molecule has 4 aromatic carbocycles. The molecule has 1 fully saturated rings. The number of rotatable bonds is 17. The molecule has 7 nitrogen and oxygen atoms in total. The molecular weight excluding hydrogens is 556 g/mol. The molecule has 5 atom stereocenters. The smallest absolute Gasteiger partial charge is 0.186 e. The van der Waals surface area contributed by atoms with Crippen LogP contribution in [0, 0.1) is 0 Å². The van der Waals surface area contributed by atoms with E-state index >= 15 is 0 Å². The first-order chi connectivity index (χ1) is 21.8. The van der Waals surface area contributed by atoms with E-state index in [0.717, 1.165) is 22.3 Å². The van der Waals surface area contributed by atoms with Gasteiger partial charge in [0, 0.05) is 6.61 Å². The van der Waals surface area contributed by atoms with Gasteiger partial charge in [-0.25, -0.2) is 0 Å². The van der Waals surface area contributed by atoms with E-state index in [9.17, 15) is 5.11 Å². The van der Waals surface area contributed by atoms with Gasteiger partial charge in [-0.05, 0) is 28.7 Å². The van der Waals surface area contributed by atoms with Crippen LogP contribution in [-0.4, -0.2) is 55.6 Å². The normalized spacial score (nSPS) is 21.7. The van der Waals surface area contributed by atoms with E-state index < -0.39 is 30.7 Å². The van der Waals surface area contributed by atoms with Crippen LogP contribution in [0.25, 0.3) is 0 Å². The summed E-state index contributed by atoms with van der Waals surface area (Å²) in [6.07, 6.45) is -2.45. The van der Waals surface area contributed by atoms with Crippen LogP contribution in [-0.2, 0) is 54.8 Å². The molecule has 7 heteroatoms. The highest BCUT2D eigenvalue weighted by Gasteiger charge is 2.49. The largest absolute Gasteiger partial charge is 0.396 e. The molecule has 1 saturated heterocycles. The maximum Gasteiger partial charge on any atom is 0.186 e. The first-order valence-corrected chi connectivity index (χ1v) is 15.3. The molecule has 0 spiro atoms. The first-order valence-electron chi connectivity index (χ1n) is 15.3. The highest BCUT2D eigenvalue weighted by atomic mass is 16.7. The summed E-state index contributed by atoms with van der Waals surface area (Å²) >= 11 is 0. The predicted octanol–water partition coefficient (Wildman–Crippen LogP) is 6.08. The maximum absolute atomic E-state index is 9.46. The van der Waals surface area contributed by atoms with Crippen molar-refractivity contribution in [2.45, 2.75) is 63.6 Å². The number of ether oxygens (including phenoxy) is 6. The van der Waals surface area contributed by atoms with Gasteiger partial charge in [-0.2, -0.15) is 0 Å². The zero-order valence-electron chi connectivity index (χ0n) is 25.0. The van der Waals surface area contributed by atoms with Crippen molar-refractivity contribution in [2.24, 2.45) is 0 Å². The van der Waals surface area contributed by atoms with Gasteiger partial charge in [0.15, 0.2) is 6.29 Å². The van der Waals surface area contributed by atoms with Crippen molar-refractivity contribution in [3.05, 3.63) is 144 Å². The Morgan fingerprint density at radius 1 is 0.500 bits per heavy atom. The molecule has 0 aliphatic carbocycles. The van der Waals surface area contributed by atoms with Crippen molar-refractivity contribution in [3.63, 3.8) is 0 Å². The topological polar surface area (TPSA) is 75.6 Å². The molecule has 5 rings (SSSR count). The lowest BCUT2D eigenvalue weighted by atomic mass is 9.97. The third-order valence-electron chi connectivity index (χ3n) is 7.43. The number of aliphatic hydroxyl groups excluding tert-OH is 1. The van der Waals surface area contributed by atoms with Gasteiger partial charge in [-0.1, -0.05) is 121 Å². The van der Waals surface area contributed by atoms with Gasteiger partial charge in [0.2, 0.25) is 0 Å². The second-order valence-electron chi connectivity index (χ2n) is 10.8. The van der Waals surface area contributed by atoms with Crippen LogP contribution in [0.5, 0.6) is 0 Å². The van der Waals surface area contributed by atoms with Gasteiger partial charge in [0.1, 0.15) is 24.4 Å². The molecule has 1 heterocycles. The van der Waals surface area contributed by atoms with Crippen LogP contribution in [0.2, 0.25) is 0 Å². The first kappa shape index (κ1) is 32.0. The molecule has 4 aromatic rings. The van der Waals surface area contributed by atoms with Crippen LogP contribution in [0.1, 0.15) is 28.7 Å². The third-order valence-corrected chi connectivity index (χ3v) is 7.43. The van der Waals surface area contributed by atoms with Crippen LogP contribution >= 0.6 is 0 Å². The second kappa shape index (κ2) is 17.8. The molecule has 0 aromatic heterocycles. The molecule has 1 aliphatic heterocycles. The fourth-order valence-electron chi connectivity index (χ4n) is 5.15. The predicted molar refractivity (Wildman–Crippen MR) is 167 cm³/mol. The minimum atomic E-state index is -0.757. The van der Waals surface area contributed by atoms with Crippen LogP contribution in [0.3, 0.4) is 0 Å². The molecule has 0 amide bonds. The van der Waals surface area contributed by atoms with E-state index in [2.05, 4.69) is 0 Å². The summed E-state index contributed by atoms with van der Waals surface area (Å²) < 4.78 is 38.9. The van der Waals surface area contributed by atoms with E-state index in [1.54, 1.807) is 0 Å². The molecule has 0 unspecified atom stereocenters. The fourth-order valence-corrected chi connectivity index (χ4v) is 5.15. The molecule has 1 aliphatic rings. The highest BCUT2D eigenvalue weighted by molar-refractivity contribution is 5.16. The minimum absolute atomic E-state index is 0.0165. The van der Waals surface area contributed by atoms with Crippen molar-refractivity contribution in [2.75, 3.05) is 19.8 Å². The Morgan fingerprint density at radius 3 is 1.41 bits per heavy atom. The lowest BCUT2D eigenvalue weighted by molar-refractivity contribution is -0.328. The molecule has 0 bridgehead atoms. The van der Waals surface area contributed by atoms with E-state index in [1.807, 2.05) is 121 Å².